The van der Waals surface area contributed by atoms with E-state index in [-0.39, 0.29) is 22.4 Å². The van der Waals surface area contributed by atoms with E-state index in [1.165, 1.54) is 18.2 Å². The fourth-order valence-electron chi connectivity index (χ4n) is 2.39. The SMILES string of the molecule is CC(C)NS(=O)(=O)c1ccccc1CNC(=O)CNS(=O)(=O)c1ccccc1. The van der Waals surface area contributed by atoms with E-state index in [9.17, 15) is 21.6 Å². The lowest BCUT2D eigenvalue weighted by molar-refractivity contribution is -0.120. The first-order valence-electron chi connectivity index (χ1n) is 8.53. The second kappa shape index (κ2) is 9.28. The van der Waals surface area contributed by atoms with E-state index in [0.717, 1.165) is 0 Å². The van der Waals surface area contributed by atoms with E-state index in [0.29, 0.717) is 5.56 Å². The number of rotatable bonds is 9. The molecule has 8 nitrogen and oxygen atoms in total. The van der Waals surface area contributed by atoms with Crippen molar-refractivity contribution in [2.75, 3.05) is 6.54 Å². The van der Waals surface area contributed by atoms with Crippen LogP contribution in [0, 0.1) is 0 Å². The van der Waals surface area contributed by atoms with Gasteiger partial charge in [-0.05, 0) is 37.6 Å². The second-order valence-electron chi connectivity index (χ2n) is 6.30. The normalized spacial score (nSPS) is 12.1. The molecule has 2 aromatic carbocycles. The van der Waals surface area contributed by atoms with E-state index in [1.54, 1.807) is 50.2 Å². The molecule has 0 aliphatic carbocycles. The van der Waals surface area contributed by atoms with Crippen LogP contribution in [0.15, 0.2) is 64.4 Å². The van der Waals surface area contributed by atoms with Gasteiger partial charge in [0.1, 0.15) is 0 Å². The zero-order valence-corrected chi connectivity index (χ0v) is 17.2. The number of nitrogens with one attached hydrogen (secondary N) is 3. The third-order valence-electron chi connectivity index (χ3n) is 3.61. The Morgan fingerprint density at radius 2 is 1.50 bits per heavy atom. The number of carbonyl (C=O) groups excluding carboxylic acids is 1. The number of sulfonamides is 2. The van der Waals surface area contributed by atoms with Gasteiger partial charge in [0.2, 0.25) is 26.0 Å². The Hall–Kier alpha value is -2.27. The van der Waals surface area contributed by atoms with Crippen molar-refractivity contribution in [3.05, 3.63) is 60.2 Å². The van der Waals surface area contributed by atoms with Gasteiger partial charge in [-0.3, -0.25) is 4.79 Å². The van der Waals surface area contributed by atoms with Gasteiger partial charge >= 0.3 is 0 Å². The molecule has 0 atom stereocenters. The van der Waals surface area contributed by atoms with Crippen LogP contribution in [0.3, 0.4) is 0 Å². The number of hydrogen-bond donors (Lipinski definition) is 3. The Balaban J connectivity index is 2.00. The largest absolute Gasteiger partial charge is 0.351 e. The fraction of sp³-hybridized carbons (Fsp3) is 0.278. The molecule has 152 valence electrons. The van der Waals surface area contributed by atoms with Gasteiger partial charge < -0.3 is 5.32 Å². The zero-order chi connectivity index (χ0) is 20.8. The number of benzene rings is 2. The van der Waals surface area contributed by atoms with Gasteiger partial charge in [0.15, 0.2) is 0 Å². The second-order valence-corrected chi connectivity index (χ2v) is 9.75. The van der Waals surface area contributed by atoms with Crippen molar-refractivity contribution < 1.29 is 21.6 Å². The van der Waals surface area contributed by atoms with Crippen molar-refractivity contribution in [2.24, 2.45) is 0 Å². The van der Waals surface area contributed by atoms with Crippen LogP contribution in [0.2, 0.25) is 0 Å². The summed E-state index contributed by atoms with van der Waals surface area (Å²) in [6, 6.07) is 13.7. The van der Waals surface area contributed by atoms with Crippen LogP contribution in [-0.4, -0.2) is 35.3 Å². The summed E-state index contributed by atoms with van der Waals surface area (Å²) < 4.78 is 53.8. The van der Waals surface area contributed by atoms with Crippen LogP contribution in [0.4, 0.5) is 0 Å². The van der Waals surface area contributed by atoms with E-state index >= 15 is 0 Å². The fourth-order valence-corrected chi connectivity index (χ4v) is 4.88. The number of hydrogen-bond acceptors (Lipinski definition) is 5. The molecule has 0 unspecified atom stereocenters. The molecule has 0 bridgehead atoms. The number of amides is 1. The Morgan fingerprint density at radius 3 is 2.14 bits per heavy atom. The zero-order valence-electron chi connectivity index (χ0n) is 15.5. The molecule has 0 spiro atoms. The lowest BCUT2D eigenvalue weighted by Gasteiger charge is -2.14. The highest BCUT2D eigenvalue weighted by molar-refractivity contribution is 7.89. The monoisotopic (exact) mass is 425 g/mol. The quantitative estimate of drug-likeness (QED) is 0.553. The van der Waals surface area contributed by atoms with Gasteiger partial charge in [0.25, 0.3) is 0 Å². The average Bonchev–Trinajstić information content (AvgIpc) is 2.65. The molecule has 10 heteroatoms. The Kier molecular flexibility index (Phi) is 7.30. The van der Waals surface area contributed by atoms with E-state index in [1.807, 2.05) is 0 Å². The van der Waals surface area contributed by atoms with Crippen LogP contribution in [0.1, 0.15) is 19.4 Å². The maximum Gasteiger partial charge on any atom is 0.241 e. The smallest absolute Gasteiger partial charge is 0.241 e. The molecule has 2 rings (SSSR count). The molecule has 0 heterocycles. The first kappa shape index (κ1) is 22.0. The Bertz CT molecular complexity index is 1020. The van der Waals surface area contributed by atoms with Crippen LogP contribution in [0.25, 0.3) is 0 Å². The molecule has 0 radical (unpaired) electrons. The van der Waals surface area contributed by atoms with Crippen molar-refractivity contribution >= 4 is 26.0 Å². The first-order valence-corrected chi connectivity index (χ1v) is 11.5. The van der Waals surface area contributed by atoms with Crippen LogP contribution >= 0.6 is 0 Å². The third-order valence-corrected chi connectivity index (χ3v) is 6.78. The van der Waals surface area contributed by atoms with E-state index < -0.39 is 32.5 Å². The summed E-state index contributed by atoms with van der Waals surface area (Å²) in [6.45, 7) is 2.90. The van der Waals surface area contributed by atoms with Crippen LogP contribution in [0.5, 0.6) is 0 Å². The topological polar surface area (TPSA) is 121 Å². The highest BCUT2D eigenvalue weighted by Crippen LogP contribution is 2.15. The molecule has 0 saturated heterocycles. The number of carbonyl (C=O) groups is 1. The molecule has 28 heavy (non-hydrogen) atoms. The summed E-state index contributed by atoms with van der Waals surface area (Å²) in [5, 5.41) is 2.53. The highest BCUT2D eigenvalue weighted by Gasteiger charge is 2.20. The van der Waals surface area contributed by atoms with Gasteiger partial charge in [0.05, 0.1) is 16.3 Å². The summed E-state index contributed by atoms with van der Waals surface area (Å²) in [4.78, 5) is 12.1. The summed E-state index contributed by atoms with van der Waals surface area (Å²) in [5.74, 6) is -0.580. The molecule has 0 saturated carbocycles. The molecule has 0 aromatic heterocycles. The van der Waals surface area contributed by atoms with Crippen LogP contribution < -0.4 is 14.8 Å². The maximum absolute atomic E-state index is 12.4. The van der Waals surface area contributed by atoms with Crippen molar-refractivity contribution in [3.63, 3.8) is 0 Å². The van der Waals surface area contributed by atoms with Crippen molar-refractivity contribution in [3.8, 4) is 0 Å². The molecular formula is C18H23N3O5S2. The standard InChI is InChI=1S/C18H23N3O5S2/c1-14(2)21-28(25,26)17-11-7-6-8-15(17)12-19-18(22)13-20-27(23,24)16-9-4-3-5-10-16/h3-11,14,20-21H,12-13H2,1-2H3,(H,19,22). The minimum Gasteiger partial charge on any atom is -0.351 e. The minimum absolute atomic E-state index is 0.0545. The van der Waals surface area contributed by atoms with Gasteiger partial charge in [0, 0.05) is 12.6 Å². The lowest BCUT2D eigenvalue weighted by Crippen LogP contribution is -2.37. The summed E-state index contributed by atoms with van der Waals surface area (Å²) in [7, 11) is -7.52. The van der Waals surface area contributed by atoms with Crippen molar-refractivity contribution in [1.29, 1.82) is 0 Å². The molecule has 0 aliphatic heterocycles. The van der Waals surface area contributed by atoms with Crippen molar-refractivity contribution in [2.45, 2.75) is 36.2 Å². The summed E-state index contributed by atoms with van der Waals surface area (Å²) in [5.41, 5.74) is 0.398. The molecule has 2 aromatic rings. The minimum atomic E-state index is -3.80. The molecule has 3 N–H and O–H groups in total. The van der Waals surface area contributed by atoms with Crippen LogP contribution in [-0.2, 0) is 31.4 Å². The lowest BCUT2D eigenvalue weighted by atomic mass is 10.2. The average molecular weight is 426 g/mol. The highest BCUT2D eigenvalue weighted by atomic mass is 32.2. The third kappa shape index (κ3) is 6.13. The molecule has 1 amide bonds. The predicted octanol–water partition coefficient (Wildman–Crippen LogP) is 0.968. The molecule has 0 aliphatic rings. The summed E-state index contributed by atoms with van der Waals surface area (Å²) in [6.07, 6.45) is 0. The first-order chi connectivity index (χ1) is 13.1. The van der Waals surface area contributed by atoms with Gasteiger partial charge in [-0.15, -0.1) is 0 Å². The predicted molar refractivity (Wildman–Crippen MR) is 105 cm³/mol. The molecular weight excluding hydrogens is 402 g/mol. The van der Waals surface area contributed by atoms with Gasteiger partial charge in [-0.25, -0.2) is 26.3 Å². The van der Waals surface area contributed by atoms with E-state index in [4.69, 9.17) is 0 Å². The summed E-state index contributed by atoms with van der Waals surface area (Å²) >= 11 is 0. The molecule has 0 fully saturated rings. The van der Waals surface area contributed by atoms with Crippen molar-refractivity contribution in [1.82, 2.24) is 14.8 Å². The Morgan fingerprint density at radius 1 is 0.893 bits per heavy atom. The van der Waals surface area contributed by atoms with E-state index in [2.05, 4.69) is 14.8 Å². The van der Waals surface area contributed by atoms with Gasteiger partial charge in [-0.1, -0.05) is 36.4 Å². The maximum atomic E-state index is 12.4. The van der Waals surface area contributed by atoms with Gasteiger partial charge in [-0.2, -0.15) is 0 Å². The Labute approximate surface area is 165 Å².